The maximum Gasteiger partial charge on any atom is 0.319 e. The highest BCUT2D eigenvalue weighted by molar-refractivity contribution is 5.89. The average molecular weight is 282 g/mol. The van der Waals surface area contributed by atoms with Gasteiger partial charge in [0.15, 0.2) is 0 Å². The first-order valence-electron chi connectivity index (χ1n) is 6.05. The molecular formula is C13H18N2O5. The number of hydrogen-bond acceptors (Lipinski definition) is 4. The number of carboxylic acids is 1. The minimum atomic E-state index is -0.884. The van der Waals surface area contributed by atoms with Crippen LogP contribution in [0, 0.1) is 0 Å². The number of benzene rings is 1. The van der Waals surface area contributed by atoms with Gasteiger partial charge in [-0.2, -0.15) is 0 Å². The zero-order valence-corrected chi connectivity index (χ0v) is 11.4. The van der Waals surface area contributed by atoms with Crippen LogP contribution in [-0.4, -0.2) is 37.9 Å². The zero-order chi connectivity index (χ0) is 15.0. The van der Waals surface area contributed by atoms with Gasteiger partial charge in [-0.05, 0) is 6.42 Å². The quantitative estimate of drug-likeness (QED) is 0.661. The fraction of sp³-hybridized carbons (Fsp3) is 0.385. The van der Waals surface area contributed by atoms with Crippen LogP contribution in [0.3, 0.4) is 0 Å². The Kier molecular flexibility index (Phi) is 6.15. The van der Waals surface area contributed by atoms with Crippen LogP contribution >= 0.6 is 0 Å². The lowest BCUT2D eigenvalue weighted by Crippen LogP contribution is -2.29. The first kappa shape index (κ1) is 15.6. The third kappa shape index (κ3) is 5.47. The van der Waals surface area contributed by atoms with Crippen molar-refractivity contribution in [3.05, 3.63) is 18.2 Å². The minimum absolute atomic E-state index is 0.0211. The Hall–Kier alpha value is -2.44. The van der Waals surface area contributed by atoms with Crippen molar-refractivity contribution in [1.82, 2.24) is 5.32 Å². The third-order valence-corrected chi connectivity index (χ3v) is 2.46. The predicted molar refractivity (Wildman–Crippen MR) is 73.4 cm³/mol. The summed E-state index contributed by atoms with van der Waals surface area (Å²) in [5.41, 5.74) is 0.525. The van der Waals surface area contributed by atoms with Crippen LogP contribution in [0.5, 0.6) is 11.5 Å². The van der Waals surface area contributed by atoms with Gasteiger partial charge in [0, 0.05) is 36.9 Å². The van der Waals surface area contributed by atoms with E-state index in [0.717, 1.165) is 0 Å². The van der Waals surface area contributed by atoms with Crippen molar-refractivity contribution in [3.63, 3.8) is 0 Å². The summed E-state index contributed by atoms with van der Waals surface area (Å²) in [6, 6.07) is 4.58. The van der Waals surface area contributed by atoms with Crippen LogP contribution in [0.15, 0.2) is 18.2 Å². The topological polar surface area (TPSA) is 96.9 Å². The molecule has 20 heavy (non-hydrogen) atoms. The molecule has 0 heterocycles. The number of methoxy groups -OCH3 is 2. The summed E-state index contributed by atoms with van der Waals surface area (Å²) in [5, 5.41) is 13.7. The van der Waals surface area contributed by atoms with Gasteiger partial charge in [0.05, 0.1) is 14.2 Å². The van der Waals surface area contributed by atoms with E-state index in [9.17, 15) is 9.59 Å². The lowest BCUT2D eigenvalue weighted by atomic mass is 10.3. The number of amides is 2. The minimum Gasteiger partial charge on any atom is -0.497 e. The van der Waals surface area contributed by atoms with Gasteiger partial charge >= 0.3 is 12.0 Å². The molecule has 0 aromatic heterocycles. The lowest BCUT2D eigenvalue weighted by Gasteiger charge is -2.10. The molecule has 0 bridgehead atoms. The second kappa shape index (κ2) is 7.88. The van der Waals surface area contributed by atoms with E-state index in [2.05, 4.69) is 10.6 Å². The van der Waals surface area contributed by atoms with Crippen molar-refractivity contribution in [1.29, 1.82) is 0 Å². The van der Waals surface area contributed by atoms with Gasteiger partial charge in [0.25, 0.3) is 0 Å². The maximum atomic E-state index is 11.6. The molecule has 0 radical (unpaired) electrons. The molecule has 1 aromatic carbocycles. The van der Waals surface area contributed by atoms with Gasteiger partial charge in [-0.1, -0.05) is 0 Å². The van der Waals surface area contributed by atoms with E-state index in [1.807, 2.05) is 0 Å². The number of aliphatic carboxylic acids is 1. The van der Waals surface area contributed by atoms with E-state index in [1.54, 1.807) is 18.2 Å². The molecule has 3 N–H and O–H groups in total. The highest BCUT2D eigenvalue weighted by Crippen LogP contribution is 2.25. The Bertz CT molecular complexity index is 454. The summed E-state index contributed by atoms with van der Waals surface area (Å²) in [6.45, 7) is 0.291. The van der Waals surface area contributed by atoms with Crippen molar-refractivity contribution in [2.75, 3.05) is 26.1 Å². The van der Waals surface area contributed by atoms with Crippen molar-refractivity contribution >= 4 is 17.7 Å². The number of urea groups is 1. The normalized spacial score (nSPS) is 9.70. The molecular weight excluding hydrogens is 264 g/mol. The number of nitrogens with one attached hydrogen (secondary N) is 2. The third-order valence-electron chi connectivity index (χ3n) is 2.46. The first-order valence-corrected chi connectivity index (χ1v) is 6.05. The Morgan fingerprint density at radius 1 is 1.15 bits per heavy atom. The summed E-state index contributed by atoms with van der Waals surface area (Å²) in [6.07, 6.45) is 0.400. The van der Waals surface area contributed by atoms with Crippen LogP contribution in [0.25, 0.3) is 0 Å². The maximum absolute atomic E-state index is 11.6. The molecule has 0 fully saturated rings. The predicted octanol–water partition coefficient (Wildman–Crippen LogP) is 1.69. The van der Waals surface area contributed by atoms with Gasteiger partial charge in [-0.25, -0.2) is 4.79 Å². The van der Waals surface area contributed by atoms with E-state index >= 15 is 0 Å². The molecule has 0 saturated carbocycles. The van der Waals surface area contributed by atoms with Gasteiger partial charge in [-0.15, -0.1) is 0 Å². The highest BCUT2D eigenvalue weighted by atomic mass is 16.5. The molecule has 2 amide bonds. The van der Waals surface area contributed by atoms with Gasteiger partial charge in [0.2, 0.25) is 0 Å². The van der Waals surface area contributed by atoms with E-state index < -0.39 is 12.0 Å². The van der Waals surface area contributed by atoms with E-state index in [1.165, 1.54) is 14.2 Å². The monoisotopic (exact) mass is 282 g/mol. The number of carboxylic acid groups (broad SMARTS) is 1. The molecule has 0 atom stereocenters. The summed E-state index contributed by atoms with van der Waals surface area (Å²) in [4.78, 5) is 21.9. The molecule has 0 aliphatic rings. The molecule has 1 aromatic rings. The van der Waals surface area contributed by atoms with Crippen molar-refractivity contribution in [3.8, 4) is 11.5 Å². The Labute approximate surface area is 116 Å². The number of rotatable bonds is 7. The van der Waals surface area contributed by atoms with Crippen molar-refractivity contribution in [2.24, 2.45) is 0 Å². The van der Waals surface area contributed by atoms with Gasteiger partial charge < -0.3 is 25.2 Å². The number of carbonyl (C=O) groups is 2. The van der Waals surface area contributed by atoms with Crippen LogP contribution in [0.1, 0.15) is 12.8 Å². The summed E-state index contributed by atoms with van der Waals surface area (Å²) in [7, 11) is 3.04. The second-order valence-corrected chi connectivity index (χ2v) is 3.98. The molecule has 0 saturated heterocycles. The molecule has 0 unspecified atom stereocenters. The largest absolute Gasteiger partial charge is 0.497 e. The number of hydrogen-bond donors (Lipinski definition) is 3. The summed E-state index contributed by atoms with van der Waals surface area (Å²) < 4.78 is 10.2. The van der Waals surface area contributed by atoms with Crippen molar-refractivity contribution in [2.45, 2.75) is 12.8 Å². The van der Waals surface area contributed by atoms with Gasteiger partial charge in [0.1, 0.15) is 11.5 Å². The second-order valence-electron chi connectivity index (χ2n) is 3.98. The SMILES string of the molecule is COc1cc(NC(=O)NCCCC(=O)O)cc(OC)c1. The molecule has 0 aliphatic heterocycles. The van der Waals surface area contributed by atoms with E-state index in [4.69, 9.17) is 14.6 Å². The molecule has 7 heteroatoms. The number of anilines is 1. The van der Waals surface area contributed by atoms with Crippen LogP contribution in [-0.2, 0) is 4.79 Å². The fourth-order valence-electron chi connectivity index (χ4n) is 1.50. The van der Waals surface area contributed by atoms with E-state index in [0.29, 0.717) is 30.2 Å². The Morgan fingerprint density at radius 3 is 2.25 bits per heavy atom. The Morgan fingerprint density at radius 2 is 1.75 bits per heavy atom. The van der Waals surface area contributed by atoms with Crippen LogP contribution in [0.2, 0.25) is 0 Å². The Balaban J connectivity index is 2.50. The number of ether oxygens (including phenoxy) is 2. The molecule has 0 aliphatic carbocycles. The average Bonchev–Trinajstić information content (AvgIpc) is 2.42. The van der Waals surface area contributed by atoms with Crippen molar-refractivity contribution < 1.29 is 24.2 Å². The molecule has 0 spiro atoms. The number of carbonyl (C=O) groups excluding carboxylic acids is 1. The van der Waals surface area contributed by atoms with Crippen LogP contribution < -0.4 is 20.1 Å². The first-order chi connectivity index (χ1) is 9.55. The standard InChI is InChI=1S/C13H18N2O5/c1-19-10-6-9(7-11(8-10)20-2)15-13(18)14-5-3-4-12(16)17/h6-8H,3-5H2,1-2H3,(H,16,17)(H2,14,15,18). The zero-order valence-electron chi connectivity index (χ0n) is 11.4. The van der Waals surface area contributed by atoms with E-state index in [-0.39, 0.29) is 6.42 Å². The smallest absolute Gasteiger partial charge is 0.319 e. The lowest BCUT2D eigenvalue weighted by molar-refractivity contribution is -0.137. The van der Waals surface area contributed by atoms with Gasteiger partial charge in [-0.3, -0.25) is 4.79 Å². The van der Waals surface area contributed by atoms with Crippen LogP contribution in [0.4, 0.5) is 10.5 Å². The molecule has 110 valence electrons. The molecule has 1 rings (SSSR count). The summed E-state index contributed by atoms with van der Waals surface area (Å²) in [5.74, 6) is 0.237. The highest BCUT2D eigenvalue weighted by Gasteiger charge is 2.06. The summed E-state index contributed by atoms with van der Waals surface area (Å²) >= 11 is 0. The fourth-order valence-corrected chi connectivity index (χ4v) is 1.50. The molecule has 7 nitrogen and oxygen atoms in total.